The van der Waals surface area contributed by atoms with Crippen LogP contribution in [0, 0.1) is 11.3 Å². The van der Waals surface area contributed by atoms with E-state index in [1.165, 1.54) is 0 Å². The molecule has 0 amide bonds. The molecule has 1 aromatic carbocycles. The molecule has 4 nitrogen and oxygen atoms in total. The highest BCUT2D eigenvalue weighted by Crippen LogP contribution is 2.17. The summed E-state index contributed by atoms with van der Waals surface area (Å²) in [4.78, 5) is 4.46. The Morgan fingerprint density at radius 1 is 1.16 bits per heavy atom. The van der Waals surface area contributed by atoms with Gasteiger partial charge >= 0.3 is 0 Å². The Balaban J connectivity index is 2.12. The summed E-state index contributed by atoms with van der Waals surface area (Å²) >= 11 is 0. The topological polar surface area (TPSA) is 60.7 Å². The molecule has 0 aliphatic rings. The number of benzene rings is 1. The van der Waals surface area contributed by atoms with Gasteiger partial charge < -0.3 is 10.6 Å². The number of nitriles is 1. The van der Waals surface area contributed by atoms with Crippen molar-refractivity contribution in [1.82, 2.24) is 4.98 Å². The van der Waals surface area contributed by atoms with Crippen molar-refractivity contribution in [3.63, 3.8) is 0 Å². The van der Waals surface area contributed by atoms with Crippen molar-refractivity contribution in [2.45, 2.75) is 13.3 Å². The van der Waals surface area contributed by atoms with Crippen LogP contribution >= 0.6 is 0 Å². The van der Waals surface area contributed by atoms with E-state index in [4.69, 9.17) is 5.26 Å². The summed E-state index contributed by atoms with van der Waals surface area (Å²) in [5, 5.41) is 15.3. The van der Waals surface area contributed by atoms with Gasteiger partial charge in [-0.25, -0.2) is 4.98 Å². The van der Waals surface area contributed by atoms with Gasteiger partial charge in [0.25, 0.3) is 0 Å². The molecule has 1 aromatic heterocycles. The van der Waals surface area contributed by atoms with Crippen LogP contribution in [0.1, 0.15) is 18.9 Å². The second kappa shape index (κ2) is 6.41. The summed E-state index contributed by atoms with van der Waals surface area (Å²) in [6.45, 7) is 3.02. The van der Waals surface area contributed by atoms with E-state index in [2.05, 4.69) is 28.6 Å². The summed E-state index contributed by atoms with van der Waals surface area (Å²) in [5.74, 6) is 1.61. The van der Waals surface area contributed by atoms with E-state index < -0.39 is 0 Å². The normalized spacial score (nSPS) is 9.68. The molecule has 96 valence electrons. The zero-order valence-corrected chi connectivity index (χ0v) is 10.9. The van der Waals surface area contributed by atoms with Crippen LogP contribution in [-0.4, -0.2) is 11.5 Å². The molecule has 1 heterocycles. The number of hydrogen-bond donors (Lipinski definition) is 2. The van der Waals surface area contributed by atoms with Gasteiger partial charge in [0.05, 0.1) is 11.6 Å². The van der Waals surface area contributed by atoms with Crippen LogP contribution in [0.25, 0.3) is 0 Å². The van der Waals surface area contributed by atoms with Crippen LogP contribution in [0.4, 0.5) is 17.3 Å². The van der Waals surface area contributed by atoms with Crippen molar-refractivity contribution < 1.29 is 0 Å². The van der Waals surface area contributed by atoms with Gasteiger partial charge in [0.15, 0.2) is 0 Å². The maximum Gasteiger partial charge on any atom is 0.132 e. The zero-order valence-electron chi connectivity index (χ0n) is 10.9. The third-order valence-corrected chi connectivity index (χ3v) is 2.57. The Morgan fingerprint density at radius 2 is 1.95 bits per heavy atom. The maximum absolute atomic E-state index is 8.87. The highest BCUT2D eigenvalue weighted by Gasteiger charge is 1.99. The van der Waals surface area contributed by atoms with Gasteiger partial charge in [-0.15, -0.1) is 0 Å². The van der Waals surface area contributed by atoms with Crippen LogP contribution in [0.3, 0.4) is 0 Å². The van der Waals surface area contributed by atoms with E-state index in [9.17, 15) is 0 Å². The fourth-order valence-electron chi connectivity index (χ4n) is 1.67. The quantitative estimate of drug-likeness (QED) is 0.854. The molecule has 0 saturated heterocycles. The van der Waals surface area contributed by atoms with Gasteiger partial charge in [0, 0.05) is 12.2 Å². The minimum Gasteiger partial charge on any atom is -0.370 e. The number of anilines is 3. The Bertz CT molecular complexity index is 587. The number of pyridine rings is 1. The average Bonchev–Trinajstić information content (AvgIpc) is 2.46. The summed E-state index contributed by atoms with van der Waals surface area (Å²) in [6.07, 6.45) is 1.06. The second-order valence-electron chi connectivity index (χ2n) is 4.15. The lowest BCUT2D eigenvalue weighted by molar-refractivity contribution is 0.970. The van der Waals surface area contributed by atoms with Crippen molar-refractivity contribution in [2.75, 3.05) is 17.2 Å². The molecule has 0 aliphatic heterocycles. The van der Waals surface area contributed by atoms with Crippen molar-refractivity contribution in [3.8, 4) is 6.07 Å². The standard InChI is InChI=1S/C15H16N4/c1-2-9-17-14-7-4-8-15(19-14)18-13-6-3-5-12(10-13)11-16/h3-8,10H,2,9H2,1H3,(H2,17,18,19). The van der Waals surface area contributed by atoms with Gasteiger partial charge in [-0.3, -0.25) is 0 Å². The van der Waals surface area contributed by atoms with E-state index >= 15 is 0 Å². The van der Waals surface area contributed by atoms with Gasteiger partial charge in [0.2, 0.25) is 0 Å². The largest absolute Gasteiger partial charge is 0.370 e. The molecule has 0 saturated carbocycles. The number of hydrogen-bond acceptors (Lipinski definition) is 4. The second-order valence-corrected chi connectivity index (χ2v) is 4.15. The first-order valence-electron chi connectivity index (χ1n) is 6.30. The molecule has 2 aromatic rings. The van der Waals surface area contributed by atoms with Gasteiger partial charge in [-0.05, 0) is 36.8 Å². The van der Waals surface area contributed by atoms with E-state index in [0.29, 0.717) is 5.56 Å². The first-order valence-corrected chi connectivity index (χ1v) is 6.30. The molecule has 2 rings (SSSR count). The Labute approximate surface area is 113 Å². The predicted octanol–water partition coefficient (Wildman–Crippen LogP) is 3.52. The molecule has 0 aliphatic carbocycles. The molecule has 0 fully saturated rings. The van der Waals surface area contributed by atoms with Crippen molar-refractivity contribution in [3.05, 3.63) is 48.0 Å². The highest BCUT2D eigenvalue weighted by atomic mass is 15.1. The third kappa shape index (κ3) is 3.71. The Kier molecular flexibility index (Phi) is 4.35. The number of nitrogens with one attached hydrogen (secondary N) is 2. The SMILES string of the molecule is CCCNc1cccc(Nc2cccc(C#N)c2)n1. The number of nitrogens with zero attached hydrogens (tertiary/aromatic N) is 2. The van der Waals surface area contributed by atoms with Crippen LogP contribution < -0.4 is 10.6 Å². The summed E-state index contributed by atoms with van der Waals surface area (Å²) in [7, 11) is 0. The molecule has 19 heavy (non-hydrogen) atoms. The molecule has 0 unspecified atom stereocenters. The first-order chi connectivity index (χ1) is 9.31. The van der Waals surface area contributed by atoms with E-state index in [0.717, 1.165) is 30.3 Å². The molecular weight excluding hydrogens is 236 g/mol. The fraction of sp³-hybridized carbons (Fsp3) is 0.200. The zero-order chi connectivity index (χ0) is 13.5. The minimum atomic E-state index is 0.630. The smallest absolute Gasteiger partial charge is 0.132 e. The predicted molar refractivity (Wildman–Crippen MR) is 77.5 cm³/mol. The van der Waals surface area contributed by atoms with E-state index in [1.54, 1.807) is 12.1 Å². The Hall–Kier alpha value is -2.54. The molecular formula is C15H16N4. The summed E-state index contributed by atoms with van der Waals surface area (Å²) in [6, 6.07) is 15.2. The first kappa shape index (κ1) is 12.9. The van der Waals surface area contributed by atoms with Gasteiger partial charge in [-0.2, -0.15) is 5.26 Å². The monoisotopic (exact) mass is 252 g/mol. The molecule has 0 atom stereocenters. The lowest BCUT2D eigenvalue weighted by atomic mass is 10.2. The van der Waals surface area contributed by atoms with Crippen LogP contribution in [0.2, 0.25) is 0 Å². The molecule has 0 spiro atoms. The van der Waals surface area contributed by atoms with Crippen LogP contribution in [0.5, 0.6) is 0 Å². The van der Waals surface area contributed by atoms with Crippen LogP contribution in [-0.2, 0) is 0 Å². The Morgan fingerprint density at radius 3 is 2.74 bits per heavy atom. The van der Waals surface area contributed by atoms with Gasteiger partial charge in [-0.1, -0.05) is 19.1 Å². The molecule has 2 N–H and O–H groups in total. The van der Waals surface area contributed by atoms with Crippen molar-refractivity contribution >= 4 is 17.3 Å². The molecule has 0 bridgehead atoms. The maximum atomic E-state index is 8.87. The van der Waals surface area contributed by atoms with Gasteiger partial charge in [0.1, 0.15) is 11.6 Å². The summed E-state index contributed by atoms with van der Waals surface area (Å²) in [5.41, 5.74) is 1.49. The number of rotatable bonds is 5. The van der Waals surface area contributed by atoms with E-state index in [1.807, 2.05) is 30.3 Å². The highest BCUT2D eigenvalue weighted by molar-refractivity contribution is 5.59. The number of aromatic nitrogens is 1. The van der Waals surface area contributed by atoms with Crippen molar-refractivity contribution in [1.29, 1.82) is 5.26 Å². The fourth-order valence-corrected chi connectivity index (χ4v) is 1.67. The third-order valence-electron chi connectivity index (χ3n) is 2.57. The lowest BCUT2D eigenvalue weighted by Gasteiger charge is -2.08. The van der Waals surface area contributed by atoms with Crippen LogP contribution in [0.15, 0.2) is 42.5 Å². The molecule has 4 heteroatoms. The molecule has 0 radical (unpaired) electrons. The lowest BCUT2D eigenvalue weighted by Crippen LogP contribution is -2.03. The van der Waals surface area contributed by atoms with E-state index in [-0.39, 0.29) is 0 Å². The minimum absolute atomic E-state index is 0.630. The van der Waals surface area contributed by atoms with Crippen molar-refractivity contribution in [2.24, 2.45) is 0 Å². The average molecular weight is 252 g/mol. The summed E-state index contributed by atoms with van der Waals surface area (Å²) < 4.78 is 0.